The Morgan fingerprint density at radius 3 is 2.83 bits per heavy atom. The number of benzene rings is 1. The number of rotatable bonds is 3. The number of nitrogens with zero attached hydrogens (tertiary/aromatic N) is 2. The Hall–Kier alpha value is -1.85. The molecule has 0 aliphatic carbocycles. The van der Waals surface area contributed by atoms with Gasteiger partial charge in [0.05, 0.1) is 17.2 Å². The first-order chi connectivity index (χ1) is 11.0. The van der Waals surface area contributed by atoms with Crippen LogP contribution in [-0.4, -0.2) is 47.7 Å². The number of halogens is 1. The quantitative estimate of drug-likeness (QED) is 0.866. The Balaban J connectivity index is 1.71. The lowest BCUT2D eigenvalue weighted by Crippen LogP contribution is -2.49. The highest BCUT2D eigenvalue weighted by Gasteiger charge is 2.26. The van der Waals surface area contributed by atoms with Gasteiger partial charge in [-0.25, -0.2) is 0 Å². The monoisotopic (exact) mass is 334 g/mol. The highest BCUT2D eigenvalue weighted by Crippen LogP contribution is 2.29. The molecule has 3 rings (SSSR count). The SMILES string of the molecule is C[C@H]1CN(C(=O)COc2ccc(Cl)c3cccnc23)C[C@H](C)O1. The van der Waals surface area contributed by atoms with E-state index in [2.05, 4.69) is 4.98 Å². The molecule has 1 aromatic heterocycles. The van der Waals surface area contributed by atoms with Gasteiger partial charge in [-0.3, -0.25) is 9.78 Å². The lowest BCUT2D eigenvalue weighted by atomic mass is 10.2. The van der Waals surface area contributed by atoms with E-state index < -0.39 is 0 Å². The van der Waals surface area contributed by atoms with Crippen LogP contribution < -0.4 is 4.74 Å². The largest absolute Gasteiger partial charge is 0.481 e. The topological polar surface area (TPSA) is 51.7 Å². The van der Waals surface area contributed by atoms with Crippen molar-refractivity contribution in [2.45, 2.75) is 26.1 Å². The van der Waals surface area contributed by atoms with Crippen LogP contribution in [0.2, 0.25) is 5.02 Å². The first-order valence-corrected chi connectivity index (χ1v) is 8.01. The predicted octanol–water partition coefficient (Wildman–Crippen LogP) is 2.90. The number of ether oxygens (including phenoxy) is 2. The van der Waals surface area contributed by atoms with Crippen molar-refractivity contribution in [1.29, 1.82) is 0 Å². The van der Waals surface area contributed by atoms with E-state index in [-0.39, 0.29) is 24.7 Å². The van der Waals surface area contributed by atoms with Gasteiger partial charge in [0.2, 0.25) is 0 Å². The molecule has 0 saturated carbocycles. The van der Waals surface area contributed by atoms with Gasteiger partial charge in [-0.05, 0) is 38.1 Å². The third kappa shape index (κ3) is 3.57. The van der Waals surface area contributed by atoms with E-state index in [0.29, 0.717) is 29.4 Å². The van der Waals surface area contributed by atoms with Crippen LogP contribution >= 0.6 is 11.6 Å². The molecule has 2 heterocycles. The van der Waals surface area contributed by atoms with Crippen molar-refractivity contribution in [3.63, 3.8) is 0 Å². The van der Waals surface area contributed by atoms with Crippen molar-refractivity contribution in [1.82, 2.24) is 9.88 Å². The minimum absolute atomic E-state index is 0.0211. The van der Waals surface area contributed by atoms with Crippen LogP contribution in [0.3, 0.4) is 0 Å². The molecule has 0 spiro atoms. The van der Waals surface area contributed by atoms with Crippen LogP contribution in [0.4, 0.5) is 0 Å². The summed E-state index contributed by atoms with van der Waals surface area (Å²) in [5, 5.41) is 1.43. The van der Waals surface area contributed by atoms with Gasteiger partial charge >= 0.3 is 0 Å². The Morgan fingerprint density at radius 2 is 2.09 bits per heavy atom. The van der Waals surface area contributed by atoms with Gasteiger partial charge in [0, 0.05) is 24.7 Å². The fourth-order valence-corrected chi connectivity index (χ4v) is 3.06. The first kappa shape index (κ1) is 16.0. The highest BCUT2D eigenvalue weighted by molar-refractivity contribution is 6.35. The van der Waals surface area contributed by atoms with Gasteiger partial charge in [0.1, 0.15) is 11.3 Å². The molecule has 1 aliphatic heterocycles. The third-order valence-corrected chi connectivity index (χ3v) is 4.13. The standard InChI is InChI=1S/C17H19ClN2O3/c1-11-8-20(9-12(2)23-11)16(21)10-22-15-6-5-14(18)13-4-3-7-19-17(13)15/h3-7,11-12H,8-10H2,1-2H3/t11-,12-/m0/s1. The van der Waals surface area contributed by atoms with Gasteiger partial charge in [0.25, 0.3) is 5.91 Å². The summed E-state index contributed by atoms with van der Waals surface area (Å²) in [5.41, 5.74) is 0.663. The van der Waals surface area contributed by atoms with E-state index in [1.165, 1.54) is 0 Å². The second kappa shape index (κ2) is 6.72. The molecule has 23 heavy (non-hydrogen) atoms. The van der Waals surface area contributed by atoms with Crippen LogP contribution in [-0.2, 0) is 9.53 Å². The van der Waals surface area contributed by atoms with Crippen molar-refractivity contribution in [3.8, 4) is 5.75 Å². The van der Waals surface area contributed by atoms with Crippen molar-refractivity contribution >= 4 is 28.4 Å². The Kier molecular flexibility index (Phi) is 4.68. The number of carbonyl (C=O) groups is 1. The van der Waals surface area contributed by atoms with Crippen molar-refractivity contribution < 1.29 is 14.3 Å². The van der Waals surface area contributed by atoms with Crippen molar-refractivity contribution in [2.75, 3.05) is 19.7 Å². The maximum absolute atomic E-state index is 12.4. The molecule has 1 aliphatic rings. The molecular formula is C17H19ClN2O3. The molecule has 5 nitrogen and oxygen atoms in total. The Labute approximate surface area is 140 Å². The van der Waals surface area contributed by atoms with Crippen LogP contribution in [0.1, 0.15) is 13.8 Å². The number of aromatic nitrogens is 1. The molecule has 2 atom stereocenters. The summed E-state index contributed by atoms with van der Waals surface area (Å²) in [4.78, 5) is 18.4. The van der Waals surface area contributed by atoms with E-state index in [1.54, 1.807) is 23.2 Å². The first-order valence-electron chi connectivity index (χ1n) is 7.64. The summed E-state index contributed by atoms with van der Waals surface area (Å²) in [6.45, 7) is 5.09. The number of hydrogen-bond donors (Lipinski definition) is 0. The molecule has 1 saturated heterocycles. The second-order valence-corrected chi connectivity index (χ2v) is 6.20. The van der Waals surface area contributed by atoms with Crippen molar-refractivity contribution in [3.05, 3.63) is 35.5 Å². The average Bonchev–Trinajstić information content (AvgIpc) is 2.53. The number of fused-ring (bicyclic) bond motifs is 1. The molecule has 0 unspecified atom stereocenters. The Morgan fingerprint density at radius 1 is 1.35 bits per heavy atom. The summed E-state index contributed by atoms with van der Waals surface area (Å²) in [5.74, 6) is 0.513. The second-order valence-electron chi connectivity index (χ2n) is 5.79. The molecule has 0 N–H and O–H groups in total. The number of pyridine rings is 1. The zero-order chi connectivity index (χ0) is 16.4. The smallest absolute Gasteiger partial charge is 0.260 e. The Bertz CT molecular complexity index is 712. The minimum atomic E-state index is -0.0500. The lowest BCUT2D eigenvalue weighted by Gasteiger charge is -2.35. The maximum Gasteiger partial charge on any atom is 0.260 e. The molecule has 0 radical (unpaired) electrons. The normalized spacial score (nSPS) is 21.4. The summed E-state index contributed by atoms with van der Waals surface area (Å²) in [6, 6.07) is 7.20. The summed E-state index contributed by atoms with van der Waals surface area (Å²) in [7, 11) is 0. The third-order valence-electron chi connectivity index (χ3n) is 3.80. The highest BCUT2D eigenvalue weighted by atomic mass is 35.5. The molecule has 122 valence electrons. The van der Waals surface area contributed by atoms with Crippen LogP contribution in [0.5, 0.6) is 5.75 Å². The van der Waals surface area contributed by atoms with Crippen LogP contribution in [0.15, 0.2) is 30.5 Å². The zero-order valence-corrected chi connectivity index (χ0v) is 13.9. The minimum Gasteiger partial charge on any atom is -0.481 e. The zero-order valence-electron chi connectivity index (χ0n) is 13.2. The molecule has 1 amide bonds. The van der Waals surface area contributed by atoms with E-state index >= 15 is 0 Å². The molecule has 6 heteroatoms. The van der Waals surface area contributed by atoms with E-state index in [9.17, 15) is 4.79 Å². The molecule has 0 bridgehead atoms. The summed E-state index contributed by atoms with van der Waals surface area (Å²) >= 11 is 6.16. The fraction of sp³-hybridized carbons (Fsp3) is 0.412. The molecule has 1 fully saturated rings. The summed E-state index contributed by atoms with van der Waals surface area (Å²) in [6.07, 6.45) is 1.76. The van der Waals surface area contributed by atoms with E-state index in [0.717, 1.165) is 5.39 Å². The number of carbonyl (C=O) groups excluding carboxylic acids is 1. The van der Waals surface area contributed by atoms with Crippen LogP contribution in [0, 0.1) is 0 Å². The molecule has 2 aromatic rings. The average molecular weight is 335 g/mol. The van der Waals surface area contributed by atoms with Gasteiger partial charge in [-0.15, -0.1) is 0 Å². The van der Waals surface area contributed by atoms with E-state index in [4.69, 9.17) is 21.1 Å². The van der Waals surface area contributed by atoms with E-state index in [1.807, 2.05) is 26.0 Å². The molecule has 1 aromatic carbocycles. The van der Waals surface area contributed by atoms with Crippen LogP contribution in [0.25, 0.3) is 10.9 Å². The summed E-state index contributed by atoms with van der Waals surface area (Å²) < 4.78 is 11.3. The number of amides is 1. The fourth-order valence-electron chi connectivity index (χ4n) is 2.84. The lowest BCUT2D eigenvalue weighted by molar-refractivity contribution is -0.145. The van der Waals surface area contributed by atoms with Gasteiger partial charge in [-0.2, -0.15) is 0 Å². The van der Waals surface area contributed by atoms with Gasteiger partial charge in [-0.1, -0.05) is 11.6 Å². The van der Waals surface area contributed by atoms with Crippen molar-refractivity contribution in [2.24, 2.45) is 0 Å². The predicted molar refractivity (Wildman–Crippen MR) is 88.8 cm³/mol. The number of morpholine rings is 1. The maximum atomic E-state index is 12.4. The van der Waals surface area contributed by atoms with Gasteiger partial charge in [0.15, 0.2) is 6.61 Å². The molecular weight excluding hydrogens is 316 g/mol. The van der Waals surface area contributed by atoms with Gasteiger partial charge < -0.3 is 14.4 Å². The number of hydrogen-bond acceptors (Lipinski definition) is 4.